The van der Waals surface area contributed by atoms with Crippen LogP contribution < -0.4 is 5.32 Å². The normalized spacial score (nSPS) is 14.2. The number of rotatable bonds is 3. The Balaban J connectivity index is 1.82. The van der Waals surface area contributed by atoms with Crippen LogP contribution >= 0.6 is 11.6 Å². The number of carbonyl (C=O) groups is 1. The lowest BCUT2D eigenvalue weighted by Gasteiger charge is -2.16. The molecule has 1 aromatic heterocycles. The van der Waals surface area contributed by atoms with Crippen molar-refractivity contribution < 1.29 is 4.79 Å². The van der Waals surface area contributed by atoms with Gasteiger partial charge in [0.1, 0.15) is 0 Å². The van der Waals surface area contributed by atoms with E-state index >= 15 is 0 Å². The third-order valence-electron chi connectivity index (χ3n) is 3.93. The van der Waals surface area contributed by atoms with Gasteiger partial charge in [-0.25, -0.2) is 0 Å². The van der Waals surface area contributed by atoms with Crippen LogP contribution in [0.5, 0.6) is 0 Å². The second kappa shape index (κ2) is 6.36. The van der Waals surface area contributed by atoms with Gasteiger partial charge in [0.25, 0.3) is 5.91 Å². The number of halogens is 1. The van der Waals surface area contributed by atoms with E-state index in [4.69, 9.17) is 11.6 Å². The highest BCUT2D eigenvalue weighted by molar-refractivity contribution is 6.31. The summed E-state index contributed by atoms with van der Waals surface area (Å²) in [6.07, 6.45) is 5.50. The number of amides is 1. The molecule has 0 spiro atoms. The summed E-state index contributed by atoms with van der Waals surface area (Å²) in [5, 5.41) is 3.99. The molecule has 0 unspecified atom stereocenters. The summed E-state index contributed by atoms with van der Waals surface area (Å²) in [5.74, 6) is 0.0523. The van der Waals surface area contributed by atoms with E-state index in [0.29, 0.717) is 10.6 Å². The summed E-state index contributed by atoms with van der Waals surface area (Å²) in [6.45, 7) is 3.63. The van der Waals surface area contributed by atoms with Gasteiger partial charge in [0.05, 0.1) is 17.4 Å². The van der Waals surface area contributed by atoms with Gasteiger partial charge < -0.3 is 10.2 Å². The minimum atomic E-state index is 0.0523. The highest BCUT2D eigenvalue weighted by Gasteiger charge is 2.19. The van der Waals surface area contributed by atoms with Crippen LogP contribution in [0, 0.1) is 6.92 Å². The van der Waals surface area contributed by atoms with Gasteiger partial charge in [-0.15, -0.1) is 0 Å². The van der Waals surface area contributed by atoms with E-state index in [0.717, 1.165) is 42.9 Å². The maximum absolute atomic E-state index is 12.4. The maximum Gasteiger partial charge on any atom is 0.255 e. The van der Waals surface area contributed by atoms with Crippen molar-refractivity contribution in [3.8, 4) is 0 Å². The van der Waals surface area contributed by atoms with Crippen LogP contribution in [0.25, 0.3) is 0 Å². The predicted octanol–water partition coefficient (Wildman–Crippen LogP) is 4.02. The Morgan fingerprint density at radius 1 is 1.27 bits per heavy atom. The molecule has 1 aromatic carbocycles. The number of hydrogen-bond donors (Lipinski definition) is 1. The minimum absolute atomic E-state index is 0.0523. The Hall–Kier alpha value is -2.07. The molecule has 1 aliphatic heterocycles. The Morgan fingerprint density at radius 3 is 2.82 bits per heavy atom. The van der Waals surface area contributed by atoms with Crippen LogP contribution in [0.15, 0.2) is 36.7 Å². The van der Waals surface area contributed by atoms with Gasteiger partial charge in [-0.2, -0.15) is 0 Å². The van der Waals surface area contributed by atoms with Crippen molar-refractivity contribution >= 4 is 28.9 Å². The largest absolute Gasteiger partial charge is 0.354 e. The Morgan fingerprint density at radius 2 is 2.05 bits per heavy atom. The van der Waals surface area contributed by atoms with E-state index in [9.17, 15) is 4.79 Å². The molecule has 2 heterocycles. The summed E-state index contributed by atoms with van der Waals surface area (Å²) in [6, 6.07) is 7.54. The molecule has 5 heteroatoms. The summed E-state index contributed by atoms with van der Waals surface area (Å²) >= 11 is 6.13. The molecule has 114 valence electrons. The number of hydrogen-bond acceptors (Lipinski definition) is 3. The molecule has 4 nitrogen and oxygen atoms in total. The molecule has 1 saturated heterocycles. The monoisotopic (exact) mass is 315 g/mol. The number of nitrogens with one attached hydrogen (secondary N) is 1. The van der Waals surface area contributed by atoms with Gasteiger partial charge in [-0.05, 0) is 43.5 Å². The van der Waals surface area contributed by atoms with Gasteiger partial charge in [0.15, 0.2) is 0 Å². The molecule has 3 rings (SSSR count). The van der Waals surface area contributed by atoms with Gasteiger partial charge in [0, 0.05) is 30.0 Å². The molecule has 2 aromatic rings. The third-order valence-corrected chi connectivity index (χ3v) is 4.33. The molecule has 22 heavy (non-hydrogen) atoms. The lowest BCUT2D eigenvalue weighted by atomic mass is 10.2. The highest BCUT2D eigenvalue weighted by Crippen LogP contribution is 2.26. The number of benzene rings is 1. The first-order valence-corrected chi connectivity index (χ1v) is 7.79. The molecular weight excluding hydrogens is 298 g/mol. The molecular formula is C17H18ClN3O. The van der Waals surface area contributed by atoms with Crippen LogP contribution in [-0.2, 0) is 0 Å². The molecule has 0 aliphatic carbocycles. The van der Waals surface area contributed by atoms with Crippen molar-refractivity contribution in [2.75, 3.05) is 18.4 Å². The standard InChI is InChI=1S/C17H18ClN3O/c1-12-15(18)5-4-6-16(12)20-14-9-13(10-19-11-14)17(22)21-7-2-3-8-21/h4-6,9-11,20H,2-3,7-8H2,1H3. The first-order chi connectivity index (χ1) is 10.6. The van der Waals surface area contributed by atoms with E-state index in [1.54, 1.807) is 12.4 Å². The number of likely N-dealkylation sites (tertiary alicyclic amines) is 1. The van der Waals surface area contributed by atoms with Crippen LogP contribution in [0.4, 0.5) is 11.4 Å². The van der Waals surface area contributed by atoms with Crippen molar-refractivity contribution in [3.05, 3.63) is 52.8 Å². The van der Waals surface area contributed by atoms with Crippen molar-refractivity contribution in [3.63, 3.8) is 0 Å². The first-order valence-electron chi connectivity index (χ1n) is 7.41. The molecule has 1 fully saturated rings. The van der Waals surface area contributed by atoms with Crippen molar-refractivity contribution in [2.24, 2.45) is 0 Å². The third kappa shape index (κ3) is 3.07. The van der Waals surface area contributed by atoms with Gasteiger partial charge >= 0.3 is 0 Å². The molecule has 0 radical (unpaired) electrons. The Labute approximate surface area is 135 Å². The van der Waals surface area contributed by atoms with E-state index in [2.05, 4.69) is 10.3 Å². The molecule has 0 bridgehead atoms. The number of carbonyl (C=O) groups excluding carboxylic acids is 1. The van der Waals surface area contributed by atoms with Crippen molar-refractivity contribution in [2.45, 2.75) is 19.8 Å². The quantitative estimate of drug-likeness (QED) is 0.930. The Kier molecular flexibility index (Phi) is 4.29. The summed E-state index contributed by atoms with van der Waals surface area (Å²) in [7, 11) is 0. The zero-order valence-electron chi connectivity index (χ0n) is 12.5. The number of aromatic nitrogens is 1. The zero-order valence-corrected chi connectivity index (χ0v) is 13.2. The predicted molar refractivity (Wildman–Crippen MR) is 88.8 cm³/mol. The van der Waals surface area contributed by atoms with Crippen molar-refractivity contribution in [1.29, 1.82) is 0 Å². The van der Waals surface area contributed by atoms with Crippen LogP contribution in [0.3, 0.4) is 0 Å². The van der Waals surface area contributed by atoms with Crippen LogP contribution in [0.1, 0.15) is 28.8 Å². The van der Waals surface area contributed by atoms with E-state index < -0.39 is 0 Å². The van der Waals surface area contributed by atoms with E-state index in [1.165, 1.54) is 0 Å². The molecule has 1 amide bonds. The van der Waals surface area contributed by atoms with Gasteiger partial charge in [-0.3, -0.25) is 9.78 Å². The average Bonchev–Trinajstić information content (AvgIpc) is 3.06. The maximum atomic E-state index is 12.4. The van der Waals surface area contributed by atoms with Gasteiger partial charge in [0.2, 0.25) is 0 Å². The first kappa shape index (κ1) is 14.9. The van der Waals surface area contributed by atoms with E-state index in [1.807, 2.05) is 36.1 Å². The second-order valence-corrected chi connectivity index (χ2v) is 5.91. The van der Waals surface area contributed by atoms with E-state index in [-0.39, 0.29) is 5.91 Å². The van der Waals surface area contributed by atoms with Gasteiger partial charge in [-0.1, -0.05) is 17.7 Å². The van der Waals surface area contributed by atoms with Crippen molar-refractivity contribution in [1.82, 2.24) is 9.88 Å². The fourth-order valence-corrected chi connectivity index (χ4v) is 2.80. The SMILES string of the molecule is Cc1c(Cl)cccc1Nc1cncc(C(=O)N2CCCC2)c1. The molecule has 1 aliphatic rings. The number of anilines is 2. The molecule has 1 N–H and O–H groups in total. The lowest BCUT2D eigenvalue weighted by Crippen LogP contribution is -2.27. The fraction of sp³-hybridized carbons (Fsp3) is 0.294. The fourth-order valence-electron chi connectivity index (χ4n) is 2.63. The topological polar surface area (TPSA) is 45.2 Å². The smallest absolute Gasteiger partial charge is 0.255 e. The molecule has 0 atom stereocenters. The number of nitrogens with zero attached hydrogens (tertiary/aromatic N) is 2. The van der Waals surface area contributed by atoms with Crippen LogP contribution in [0.2, 0.25) is 5.02 Å². The molecule has 0 saturated carbocycles. The summed E-state index contributed by atoms with van der Waals surface area (Å²) in [4.78, 5) is 18.5. The van der Waals surface area contributed by atoms with Crippen LogP contribution in [-0.4, -0.2) is 28.9 Å². The summed E-state index contributed by atoms with van der Waals surface area (Å²) < 4.78 is 0. The summed E-state index contributed by atoms with van der Waals surface area (Å²) in [5.41, 5.74) is 3.29. The second-order valence-electron chi connectivity index (χ2n) is 5.50. The zero-order chi connectivity index (χ0) is 15.5. The number of pyridine rings is 1. The minimum Gasteiger partial charge on any atom is -0.354 e. The lowest BCUT2D eigenvalue weighted by molar-refractivity contribution is 0.0792. The Bertz CT molecular complexity index is 696. The highest BCUT2D eigenvalue weighted by atomic mass is 35.5. The average molecular weight is 316 g/mol.